The monoisotopic (exact) mass is 264 g/mol. The molecule has 0 aromatic heterocycles. The number of hydrogen-bond acceptors (Lipinski definition) is 5. The minimum atomic E-state index is -0.387. The van der Waals surface area contributed by atoms with Crippen LogP contribution in [-0.2, 0) is 0 Å². The Morgan fingerprint density at radius 3 is 2.74 bits per heavy atom. The van der Waals surface area contributed by atoms with Crippen molar-refractivity contribution in [3.8, 4) is 0 Å². The molecule has 2 rings (SSSR count). The molecule has 104 valence electrons. The molecule has 0 radical (unpaired) electrons. The summed E-state index contributed by atoms with van der Waals surface area (Å²) in [5.74, 6) is 6.09. The van der Waals surface area contributed by atoms with E-state index in [2.05, 4.69) is 24.2 Å². The summed E-state index contributed by atoms with van der Waals surface area (Å²) < 4.78 is 0. The van der Waals surface area contributed by atoms with Gasteiger partial charge in [0.25, 0.3) is 5.69 Å². The Hall–Kier alpha value is -1.82. The molecule has 19 heavy (non-hydrogen) atoms. The number of rotatable bonds is 3. The highest BCUT2D eigenvalue weighted by atomic mass is 16.6. The summed E-state index contributed by atoms with van der Waals surface area (Å²) in [6.45, 7) is 5.33. The molecule has 1 aliphatic rings. The summed E-state index contributed by atoms with van der Waals surface area (Å²) in [4.78, 5) is 12.8. The summed E-state index contributed by atoms with van der Waals surface area (Å²) in [5.41, 5.74) is 3.99. The Balaban J connectivity index is 2.33. The minimum absolute atomic E-state index is 0.0660. The van der Waals surface area contributed by atoms with E-state index in [1.54, 1.807) is 6.07 Å². The lowest BCUT2D eigenvalue weighted by Gasteiger charge is -2.38. The van der Waals surface area contributed by atoms with Crippen LogP contribution in [0.2, 0.25) is 0 Å². The standard InChI is InChI=1S/C13H20N4O2/c1-9-3-4-16(10(2)5-9)12-6-11(15-14)7-13(8-12)17(18)19/h6-10,15H,3-5,14H2,1-2H3. The number of hydrazine groups is 1. The van der Waals surface area contributed by atoms with Crippen LogP contribution in [0, 0.1) is 16.0 Å². The number of non-ortho nitro benzene ring substituents is 1. The molecule has 0 saturated carbocycles. The van der Waals surface area contributed by atoms with Crippen LogP contribution in [0.4, 0.5) is 17.1 Å². The van der Waals surface area contributed by atoms with E-state index in [-0.39, 0.29) is 10.6 Å². The molecule has 0 aliphatic carbocycles. The summed E-state index contributed by atoms with van der Waals surface area (Å²) in [7, 11) is 0. The lowest BCUT2D eigenvalue weighted by atomic mass is 9.93. The fourth-order valence-electron chi connectivity index (χ4n) is 2.74. The van der Waals surface area contributed by atoms with Crippen molar-refractivity contribution in [2.75, 3.05) is 16.9 Å². The fourth-order valence-corrected chi connectivity index (χ4v) is 2.74. The number of nitrogens with one attached hydrogen (secondary N) is 1. The highest BCUT2D eigenvalue weighted by Crippen LogP contribution is 2.32. The van der Waals surface area contributed by atoms with E-state index in [9.17, 15) is 10.1 Å². The van der Waals surface area contributed by atoms with E-state index in [0.29, 0.717) is 17.6 Å². The first-order chi connectivity index (χ1) is 9.01. The van der Waals surface area contributed by atoms with Crippen LogP contribution in [-0.4, -0.2) is 17.5 Å². The molecule has 2 atom stereocenters. The van der Waals surface area contributed by atoms with Gasteiger partial charge in [-0.3, -0.25) is 16.0 Å². The van der Waals surface area contributed by atoms with Crippen LogP contribution in [0.3, 0.4) is 0 Å². The number of hydrogen-bond donors (Lipinski definition) is 2. The van der Waals surface area contributed by atoms with Crippen molar-refractivity contribution in [2.24, 2.45) is 11.8 Å². The van der Waals surface area contributed by atoms with Gasteiger partial charge in [-0.1, -0.05) is 6.92 Å². The highest BCUT2D eigenvalue weighted by molar-refractivity contribution is 5.64. The molecule has 1 aliphatic heterocycles. The maximum absolute atomic E-state index is 11.0. The van der Waals surface area contributed by atoms with Crippen LogP contribution in [0.15, 0.2) is 18.2 Å². The third-order valence-electron chi connectivity index (χ3n) is 3.75. The van der Waals surface area contributed by atoms with Crippen molar-refractivity contribution < 1.29 is 4.92 Å². The average Bonchev–Trinajstić information content (AvgIpc) is 2.38. The molecule has 2 unspecified atom stereocenters. The normalized spacial score (nSPS) is 23.2. The molecule has 3 N–H and O–H groups in total. The highest BCUT2D eigenvalue weighted by Gasteiger charge is 2.24. The van der Waals surface area contributed by atoms with Gasteiger partial charge in [0.15, 0.2) is 0 Å². The summed E-state index contributed by atoms with van der Waals surface area (Å²) in [6, 6.07) is 5.31. The third kappa shape index (κ3) is 2.96. The Bertz CT molecular complexity index is 478. The molecular formula is C13H20N4O2. The Labute approximate surface area is 112 Å². The second-order valence-electron chi connectivity index (χ2n) is 5.31. The van der Waals surface area contributed by atoms with Gasteiger partial charge in [0.2, 0.25) is 0 Å². The van der Waals surface area contributed by atoms with E-state index < -0.39 is 0 Å². The van der Waals surface area contributed by atoms with Crippen LogP contribution in [0.1, 0.15) is 26.7 Å². The summed E-state index contributed by atoms with van der Waals surface area (Å²) >= 11 is 0. The first-order valence-corrected chi connectivity index (χ1v) is 6.54. The number of nitro benzene ring substituents is 1. The van der Waals surface area contributed by atoms with E-state index in [4.69, 9.17) is 5.84 Å². The van der Waals surface area contributed by atoms with Crippen LogP contribution >= 0.6 is 0 Å². The fraction of sp³-hybridized carbons (Fsp3) is 0.538. The predicted octanol–water partition coefficient (Wildman–Crippen LogP) is 2.51. The number of piperidine rings is 1. The first kappa shape index (κ1) is 13.6. The lowest BCUT2D eigenvalue weighted by Crippen LogP contribution is -2.40. The van der Waals surface area contributed by atoms with Crippen molar-refractivity contribution in [2.45, 2.75) is 32.7 Å². The smallest absolute Gasteiger partial charge is 0.273 e. The second-order valence-corrected chi connectivity index (χ2v) is 5.31. The van der Waals surface area contributed by atoms with Crippen LogP contribution in [0.5, 0.6) is 0 Å². The van der Waals surface area contributed by atoms with Gasteiger partial charge in [-0.25, -0.2) is 0 Å². The van der Waals surface area contributed by atoms with Gasteiger partial charge < -0.3 is 10.3 Å². The van der Waals surface area contributed by atoms with Gasteiger partial charge in [0.1, 0.15) is 0 Å². The summed E-state index contributed by atoms with van der Waals surface area (Å²) in [5, 5.41) is 11.0. The van der Waals surface area contributed by atoms with Crippen LogP contribution < -0.4 is 16.2 Å². The van der Waals surface area contributed by atoms with Gasteiger partial charge >= 0.3 is 0 Å². The second kappa shape index (κ2) is 5.44. The van der Waals surface area contributed by atoms with E-state index >= 15 is 0 Å². The first-order valence-electron chi connectivity index (χ1n) is 6.54. The number of nitrogens with zero attached hydrogens (tertiary/aromatic N) is 2. The minimum Gasteiger partial charge on any atom is -0.369 e. The molecule has 1 fully saturated rings. The number of nitrogens with two attached hydrogens (primary N) is 1. The zero-order valence-corrected chi connectivity index (χ0v) is 11.3. The molecule has 0 amide bonds. The number of nitrogen functional groups attached to an aromatic ring is 1. The molecular weight excluding hydrogens is 244 g/mol. The third-order valence-corrected chi connectivity index (χ3v) is 3.75. The molecule has 6 nitrogen and oxygen atoms in total. The van der Waals surface area contributed by atoms with E-state index in [1.165, 1.54) is 6.07 Å². The van der Waals surface area contributed by atoms with Crippen molar-refractivity contribution in [1.82, 2.24) is 0 Å². The SMILES string of the molecule is CC1CCN(c2cc(NN)cc([N+](=O)[O-])c2)C(C)C1. The number of benzene rings is 1. The Kier molecular flexibility index (Phi) is 3.90. The molecule has 1 heterocycles. The molecule has 1 aromatic carbocycles. The number of anilines is 2. The maximum Gasteiger partial charge on any atom is 0.273 e. The molecule has 0 spiro atoms. The van der Waals surface area contributed by atoms with Gasteiger partial charge in [0, 0.05) is 30.4 Å². The maximum atomic E-state index is 11.0. The largest absolute Gasteiger partial charge is 0.369 e. The molecule has 1 saturated heterocycles. The topological polar surface area (TPSA) is 84.4 Å². The summed E-state index contributed by atoms with van der Waals surface area (Å²) in [6.07, 6.45) is 2.21. The van der Waals surface area contributed by atoms with Gasteiger partial charge in [-0.2, -0.15) is 0 Å². The lowest BCUT2D eigenvalue weighted by molar-refractivity contribution is -0.384. The van der Waals surface area contributed by atoms with Crippen molar-refractivity contribution in [1.29, 1.82) is 0 Å². The zero-order valence-electron chi connectivity index (χ0n) is 11.3. The van der Waals surface area contributed by atoms with E-state index in [1.807, 2.05) is 6.07 Å². The molecule has 0 bridgehead atoms. The van der Waals surface area contributed by atoms with Gasteiger partial charge in [0.05, 0.1) is 10.6 Å². The van der Waals surface area contributed by atoms with Crippen molar-refractivity contribution in [3.05, 3.63) is 28.3 Å². The van der Waals surface area contributed by atoms with Crippen LogP contribution in [0.25, 0.3) is 0 Å². The van der Waals surface area contributed by atoms with Crippen molar-refractivity contribution >= 4 is 17.1 Å². The number of nitro groups is 1. The van der Waals surface area contributed by atoms with Gasteiger partial charge in [-0.15, -0.1) is 0 Å². The Morgan fingerprint density at radius 1 is 1.42 bits per heavy atom. The zero-order chi connectivity index (χ0) is 14.0. The van der Waals surface area contributed by atoms with Gasteiger partial charge in [-0.05, 0) is 31.7 Å². The predicted molar refractivity (Wildman–Crippen MR) is 76.1 cm³/mol. The van der Waals surface area contributed by atoms with Crippen molar-refractivity contribution in [3.63, 3.8) is 0 Å². The van der Waals surface area contributed by atoms with E-state index in [0.717, 1.165) is 25.1 Å². The molecule has 1 aromatic rings. The quantitative estimate of drug-likeness (QED) is 0.498. The average molecular weight is 264 g/mol. The Morgan fingerprint density at radius 2 is 2.16 bits per heavy atom. The molecule has 6 heteroatoms.